The highest BCUT2D eigenvalue weighted by Crippen LogP contribution is 2.23. The number of ether oxygens (including phenoxy) is 1. The number of rotatable bonds is 8. The maximum absolute atomic E-state index is 12.7. The number of nitrogens with zero attached hydrogens (tertiary/aromatic N) is 2. The van der Waals surface area contributed by atoms with Crippen LogP contribution in [0.4, 0.5) is 5.69 Å². The summed E-state index contributed by atoms with van der Waals surface area (Å²) < 4.78 is 31.8. The Morgan fingerprint density at radius 1 is 1.28 bits per heavy atom. The van der Waals surface area contributed by atoms with Crippen molar-refractivity contribution in [2.24, 2.45) is 5.92 Å². The number of carbonyl (C=O) groups excluding carboxylic acids is 1. The SMILES string of the molecule is CCCS(=O)(=O)N1CCC[C@@H](C(=O)Nc2cccc(OCc3ccccn3)c2)C1. The first kappa shape index (κ1) is 21.3. The summed E-state index contributed by atoms with van der Waals surface area (Å²) in [5.74, 6) is 0.234. The molecule has 8 heteroatoms. The summed E-state index contributed by atoms with van der Waals surface area (Å²) in [7, 11) is -3.29. The Morgan fingerprint density at radius 3 is 2.90 bits per heavy atom. The van der Waals surface area contributed by atoms with Gasteiger partial charge in [-0.25, -0.2) is 12.7 Å². The Morgan fingerprint density at radius 2 is 2.14 bits per heavy atom. The van der Waals surface area contributed by atoms with Crippen LogP contribution in [0, 0.1) is 5.92 Å². The second-order valence-electron chi connectivity index (χ2n) is 7.14. The van der Waals surface area contributed by atoms with Gasteiger partial charge in [0.15, 0.2) is 0 Å². The van der Waals surface area contributed by atoms with Crippen molar-refractivity contribution in [1.82, 2.24) is 9.29 Å². The average Bonchev–Trinajstić information content (AvgIpc) is 2.73. The Labute approximate surface area is 172 Å². The van der Waals surface area contributed by atoms with E-state index in [0.717, 1.165) is 5.69 Å². The molecule has 1 aromatic carbocycles. The number of anilines is 1. The Balaban J connectivity index is 1.58. The molecule has 2 aromatic rings. The van der Waals surface area contributed by atoms with Gasteiger partial charge in [-0.3, -0.25) is 9.78 Å². The van der Waals surface area contributed by atoms with E-state index in [1.54, 1.807) is 18.3 Å². The van der Waals surface area contributed by atoms with Crippen LogP contribution in [0.25, 0.3) is 0 Å². The van der Waals surface area contributed by atoms with Crippen molar-refractivity contribution in [1.29, 1.82) is 0 Å². The largest absolute Gasteiger partial charge is 0.487 e. The molecule has 2 heterocycles. The van der Waals surface area contributed by atoms with Crippen LogP contribution in [-0.4, -0.2) is 42.5 Å². The fourth-order valence-electron chi connectivity index (χ4n) is 3.34. The molecule has 3 rings (SSSR count). The fraction of sp³-hybridized carbons (Fsp3) is 0.429. The second-order valence-corrected chi connectivity index (χ2v) is 9.23. The lowest BCUT2D eigenvalue weighted by molar-refractivity contribution is -0.120. The van der Waals surface area contributed by atoms with Crippen molar-refractivity contribution >= 4 is 21.6 Å². The first-order chi connectivity index (χ1) is 14.0. The maximum atomic E-state index is 12.7. The molecule has 1 fully saturated rings. The van der Waals surface area contributed by atoms with Crippen LogP contribution < -0.4 is 10.1 Å². The van der Waals surface area contributed by atoms with E-state index < -0.39 is 10.0 Å². The number of nitrogens with one attached hydrogen (secondary N) is 1. The minimum atomic E-state index is -3.29. The minimum absolute atomic E-state index is 0.122. The molecule has 0 spiro atoms. The molecule has 1 atom stereocenters. The van der Waals surface area contributed by atoms with E-state index in [1.807, 2.05) is 37.3 Å². The number of benzene rings is 1. The number of aromatic nitrogens is 1. The molecule has 0 saturated carbocycles. The van der Waals surface area contributed by atoms with Crippen molar-refractivity contribution in [2.45, 2.75) is 32.8 Å². The topological polar surface area (TPSA) is 88.6 Å². The lowest BCUT2D eigenvalue weighted by Gasteiger charge is -2.31. The van der Waals surface area contributed by atoms with Crippen LogP contribution in [0.5, 0.6) is 5.75 Å². The summed E-state index contributed by atoms with van der Waals surface area (Å²) in [6.07, 6.45) is 3.65. The predicted molar refractivity (Wildman–Crippen MR) is 112 cm³/mol. The summed E-state index contributed by atoms with van der Waals surface area (Å²) in [4.78, 5) is 16.9. The first-order valence-corrected chi connectivity index (χ1v) is 11.5. The fourth-order valence-corrected chi connectivity index (χ4v) is 4.93. The van der Waals surface area contributed by atoms with Gasteiger partial charge in [0.25, 0.3) is 0 Å². The molecular formula is C21H27N3O4S. The summed E-state index contributed by atoms with van der Waals surface area (Å²) in [6, 6.07) is 12.8. The van der Waals surface area contributed by atoms with E-state index in [4.69, 9.17) is 4.74 Å². The highest BCUT2D eigenvalue weighted by molar-refractivity contribution is 7.89. The van der Waals surface area contributed by atoms with Gasteiger partial charge in [-0.05, 0) is 43.5 Å². The van der Waals surface area contributed by atoms with Gasteiger partial charge in [-0.15, -0.1) is 0 Å². The minimum Gasteiger partial charge on any atom is -0.487 e. The van der Waals surface area contributed by atoms with Crippen LogP contribution in [0.3, 0.4) is 0 Å². The van der Waals surface area contributed by atoms with Gasteiger partial charge in [-0.1, -0.05) is 19.1 Å². The van der Waals surface area contributed by atoms with Gasteiger partial charge in [0.1, 0.15) is 12.4 Å². The molecule has 1 aliphatic heterocycles. The molecule has 1 saturated heterocycles. The predicted octanol–water partition coefficient (Wildman–Crippen LogP) is 3.05. The molecule has 0 unspecified atom stereocenters. The molecular weight excluding hydrogens is 390 g/mol. The summed E-state index contributed by atoms with van der Waals surface area (Å²) in [5, 5.41) is 2.90. The van der Waals surface area contributed by atoms with E-state index in [-0.39, 0.29) is 24.1 Å². The highest BCUT2D eigenvalue weighted by atomic mass is 32.2. The molecule has 0 aliphatic carbocycles. The van der Waals surface area contributed by atoms with E-state index in [0.29, 0.717) is 43.9 Å². The van der Waals surface area contributed by atoms with Crippen molar-refractivity contribution < 1.29 is 17.9 Å². The lowest BCUT2D eigenvalue weighted by Crippen LogP contribution is -2.44. The Hall–Kier alpha value is -2.45. The van der Waals surface area contributed by atoms with Crippen LogP contribution >= 0.6 is 0 Å². The van der Waals surface area contributed by atoms with Gasteiger partial charge in [-0.2, -0.15) is 0 Å². The second kappa shape index (κ2) is 9.84. The van der Waals surface area contributed by atoms with Crippen LogP contribution in [0.2, 0.25) is 0 Å². The standard InChI is InChI=1S/C21H27N3O4S/c1-2-13-29(26,27)24-12-6-7-17(15-24)21(25)23-18-9-5-10-20(14-18)28-16-19-8-3-4-11-22-19/h3-5,8-11,14,17H,2,6-7,12-13,15-16H2,1H3,(H,23,25)/t17-/m1/s1. The molecule has 1 aromatic heterocycles. The molecule has 0 radical (unpaired) electrons. The van der Waals surface area contributed by atoms with E-state index in [9.17, 15) is 13.2 Å². The molecule has 1 N–H and O–H groups in total. The van der Waals surface area contributed by atoms with Crippen LogP contribution in [0.1, 0.15) is 31.9 Å². The average molecular weight is 418 g/mol. The van der Waals surface area contributed by atoms with Crippen LogP contribution in [-0.2, 0) is 21.4 Å². The third-order valence-corrected chi connectivity index (χ3v) is 6.87. The van der Waals surface area contributed by atoms with Crippen molar-refractivity contribution in [3.8, 4) is 5.75 Å². The Kier molecular flexibility index (Phi) is 7.22. The number of sulfonamides is 1. The van der Waals surface area contributed by atoms with Gasteiger partial charge < -0.3 is 10.1 Å². The summed E-state index contributed by atoms with van der Waals surface area (Å²) in [5.41, 5.74) is 1.44. The van der Waals surface area contributed by atoms with Gasteiger partial charge in [0.2, 0.25) is 15.9 Å². The Bertz CT molecular complexity index is 919. The molecule has 1 amide bonds. The molecule has 29 heavy (non-hydrogen) atoms. The number of piperidine rings is 1. The van der Waals surface area contributed by atoms with Crippen molar-refractivity contribution in [2.75, 3.05) is 24.2 Å². The maximum Gasteiger partial charge on any atom is 0.228 e. The lowest BCUT2D eigenvalue weighted by atomic mass is 9.98. The first-order valence-electron chi connectivity index (χ1n) is 9.89. The number of hydrogen-bond donors (Lipinski definition) is 1. The number of carbonyl (C=O) groups is 1. The van der Waals surface area contributed by atoms with E-state index in [2.05, 4.69) is 10.3 Å². The van der Waals surface area contributed by atoms with Gasteiger partial charge in [0, 0.05) is 31.0 Å². The summed E-state index contributed by atoms with van der Waals surface area (Å²) in [6.45, 7) is 2.91. The van der Waals surface area contributed by atoms with E-state index in [1.165, 1.54) is 4.31 Å². The number of amides is 1. The van der Waals surface area contributed by atoms with Crippen LogP contribution in [0.15, 0.2) is 48.7 Å². The molecule has 7 nitrogen and oxygen atoms in total. The molecule has 1 aliphatic rings. The van der Waals surface area contributed by atoms with Gasteiger partial charge in [0.05, 0.1) is 17.4 Å². The normalized spacial score (nSPS) is 17.6. The third kappa shape index (κ3) is 6.01. The third-order valence-electron chi connectivity index (χ3n) is 4.82. The van der Waals surface area contributed by atoms with Crippen molar-refractivity contribution in [3.05, 3.63) is 54.4 Å². The zero-order valence-corrected chi connectivity index (χ0v) is 17.4. The number of hydrogen-bond acceptors (Lipinski definition) is 5. The monoisotopic (exact) mass is 417 g/mol. The zero-order valence-electron chi connectivity index (χ0n) is 16.6. The zero-order chi connectivity index (χ0) is 20.7. The quantitative estimate of drug-likeness (QED) is 0.713. The smallest absolute Gasteiger partial charge is 0.228 e. The summed E-state index contributed by atoms with van der Waals surface area (Å²) >= 11 is 0. The molecule has 0 bridgehead atoms. The van der Waals surface area contributed by atoms with Crippen molar-refractivity contribution in [3.63, 3.8) is 0 Å². The highest BCUT2D eigenvalue weighted by Gasteiger charge is 2.31. The molecule has 156 valence electrons. The van der Waals surface area contributed by atoms with E-state index >= 15 is 0 Å². The number of pyridine rings is 1. The van der Waals surface area contributed by atoms with Gasteiger partial charge >= 0.3 is 0 Å².